The summed E-state index contributed by atoms with van der Waals surface area (Å²) < 4.78 is 0. The van der Waals surface area contributed by atoms with Gasteiger partial charge in [-0.3, -0.25) is 4.79 Å². The standard InChI is InChI=1S/C30H48O4/c1-24(2)12-15-29(23(31)32)16-14-26(5)19(20(29)18-24)8-9-22-27(26,6)11-10-21-25(3,4)13-17-30(33,34)28(21,22)7/h8,20-22,33-34H,9-18H2,1-7H3,(H,31,32)/t20-,21-,22-,26+,27+,28-,29-/m0/s1. The van der Waals surface area contributed by atoms with Crippen LogP contribution in [-0.4, -0.2) is 27.1 Å². The molecule has 4 fully saturated rings. The summed E-state index contributed by atoms with van der Waals surface area (Å²) in [5.41, 5.74) is 0.274. The molecule has 0 amide bonds. The molecule has 5 aliphatic carbocycles. The first kappa shape index (κ1) is 24.8. The Balaban J connectivity index is 1.64. The van der Waals surface area contributed by atoms with Crippen LogP contribution in [0.4, 0.5) is 0 Å². The molecule has 0 radical (unpaired) electrons. The second-order valence-electron chi connectivity index (χ2n) is 15.3. The quantitative estimate of drug-likeness (QED) is 0.298. The zero-order chi connectivity index (χ0) is 25.2. The van der Waals surface area contributed by atoms with E-state index in [4.69, 9.17) is 0 Å². The average molecular weight is 473 g/mol. The zero-order valence-electron chi connectivity index (χ0n) is 22.6. The number of aliphatic hydroxyl groups is 2. The van der Waals surface area contributed by atoms with Crippen molar-refractivity contribution in [1.82, 2.24) is 0 Å². The average Bonchev–Trinajstić information content (AvgIpc) is 2.71. The van der Waals surface area contributed by atoms with E-state index in [9.17, 15) is 20.1 Å². The van der Waals surface area contributed by atoms with Gasteiger partial charge >= 0.3 is 5.97 Å². The van der Waals surface area contributed by atoms with Crippen LogP contribution < -0.4 is 0 Å². The summed E-state index contributed by atoms with van der Waals surface area (Å²) in [4.78, 5) is 12.8. The van der Waals surface area contributed by atoms with E-state index in [2.05, 4.69) is 54.5 Å². The number of allylic oxidation sites excluding steroid dienone is 2. The molecule has 5 aliphatic rings. The summed E-state index contributed by atoms with van der Waals surface area (Å²) in [6, 6.07) is 0. The van der Waals surface area contributed by atoms with E-state index < -0.39 is 22.6 Å². The fourth-order valence-corrected chi connectivity index (χ4v) is 10.6. The largest absolute Gasteiger partial charge is 0.481 e. The number of carbonyl (C=O) groups is 1. The van der Waals surface area contributed by atoms with Gasteiger partial charge in [0.15, 0.2) is 5.79 Å². The second-order valence-corrected chi connectivity index (χ2v) is 15.3. The van der Waals surface area contributed by atoms with Gasteiger partial charge in [0.2, 0.25) is 0 Å². The molecule has 0 bridgehead atoms. The molecule has 0 spiro atoms. The fourth-order valence-electron chi connectivity index (χ4n) is 10.6. The van der Waals surface area contributed by atoms with Crippen LogP contribution in [0.25, 0.3) is 0 Å². The molecule has 0 aliphatic heterocycles. The van der Waals surface area contributed by atoms with Crippen molar-refractivity contribution in [3.05, 3.63) is 11.6 Å². The predicted octanol–water partition coefficient (Wildman–Crippen LogP) is 6.55. The second kappa shape index (κ2) is 6.91. The van der Waals surface area contributed by atoms with Gasteiger partial charge in [0.05, 0.1) is 5.41 Å². The van der Waals surface area contributed by atoms with E-state index in [-0.39, 0.29) is 39.4 Å². The van der Waals surface area contributed by atoms with Gasteiger partial charge in [-0.2, -0.15) is 0 Å². The third kappa shape index (κ3) is 2.82. The molecular formula is C30H48O4. The summed E-state index contributed by atoms with van der Waals surface area (Å²) in [7, 11) is 0. The van der Waals surface area contributed by atoms with Gasteiger partial charge in [-0.15, -0.1) is 0 Å². The van der Waals surface area contributed by atoms with Gasteiger partial charge in [0, 0.05) is 11.8 Å². The molecule has 4 heteroatoms. The molecule has 0 aromatic carbocycles. The lowest BCUT2D eigenvalue weighted by atomic mass is 9.33. The van der Waals surface area contributed by atoms with E-state index in [1.807, 2.05) is 0 Å². The van der Waals surface area contributed by atoms with Crippen molar-refractivity contribution in [2.45, 2.75) is 118 Å². The summed E-state index contributed by atoms with van der Waals surface area (Å²) in [6.07, 6.45) is 11.0. The Hall–Kier alpha value is -0.870. The molecule has 4 nitrogen and oxygen atoms in total. The molecular weight excluding hydrogens is 424 g/mol. The minimum Gasteiger partial charge on any atom is -0.481 e. The highest BCUT2D eigenvalue weighted by Gasteiger charge is 2.72. The number of aliphatic carboxylic acids is 1. The lowest BCUT2D eigenvalue weighted by Gasteiger charge is -2.72. The van der Waals surface area contributed by atoms with Gasteiger partial charge in [0.25, 0.3) is 0 Å². The van der Waals surface area contributed by atoms with E-state index in [0.29, 0.717) is 6.42 Å². The highest BCUT2D eigenvalue weighted by molar-refractivity contribution is 5.76. The van der Waals surface area contributed by atoms with Gasteiger partial charge in [0.1, 0.15) is 0 Å². The highest BCUT2D eigenvalue weighted by atomic mass is 16.5. The molecule has 34 heavy (non-hydrogen) atoms. The molecule has 192 valence electrons. The van der Waals surface area contributed by atoms with Gasteiger partial charge in [-0.1, -0.05) is 60.1 Å². The Kier molecular flexibility index (Phi) is 5.04. The fraction of sp³-hybridized carbons (Fsp3) is 0.900. The Morgan fingerprint density at radius 3 is 2.15 bits per heavy atom. The number of fused-ring (bicyclic) bond motifs is 7. The normalized spacial score (nSPS) is 50.6. The molecule has 0 aromatic rings. The van der Waals surface area contributed by atoms with Crippen molar-refractivity contribution in [3.8, 4) is 0 Å². The van der Waals surface area contributed by atoms with Gasteiger partial charge in [-0.05, 0) is 97.2 Å². The first-order valence-electron chi connectivity index (χ1n) is 13.9. The van der Waals surface area contributed by atoms with Crippen molar-refractivity contribution in [3.63, 3.8) is 0 Å². The molecule has 7 atom stereocenters. The van der Waals surface area contributed by atoms with Crippen molar-refractivity contribution in [1.29, 1.82) is 0 Å². The predicted molar refractivity (Wildman–Crippen MR) is 134 cm³/mol. The van der Waals surface area contributed by atoms with E-state index >= 15 is 0 Å². The SMILES string of the molecule is CC1(C)CC[C@]2(C(=O)O)CC[C@]3(C)C(=CC[C@@H]4[C@]5(C)[C@@H](CC[C@]43C)C(C)(C)CCC5(O)O)[C@@H]2C1. The molecule has 4 saturated carbocycles. The number of carboxylic acids is 1. The van der Waals surface area contributed by atoms with Crippen LogP contribution in [0.3, 0.4) is 0 Å². The van der Waals surface area contributed by atoms with Crippen LogP contribution in [-0.2, 0) is 4.79 Å². The Bertz CT molecular complexity index is 930. The number of rotatable bonds is 1. The molecule has 0 unspecified atom stereocenters. The Morgan fingerprint density at radius 2 is 1.50 bits per heavy atom. The number of hydrogen-bond acceptors (Lipinski definition) is 3. The molecule has 5 rings (SSSR count). The van der Waals surface area contributed by atoms with Crippen molar-refractivity contribution < 1.29 is 20.1 Å². The molecule has 0 aromatic heterocycles. The van der Waals surface area contributed by atoms with Crippen molar-refractivity contribution >= 4 is 5.97 Å². The molecule has 0 saturated heterocycles. The lowest BCUT2D eigenvalue weighted by Crippen LogP contribution is -2.70. The van der Waals surface area contributed by atoms with Crippen molar-refractivity contribution in [2.75, 3.05) is 0 Å². The van der Waals surface area contributed by atoms with E-state index in [0.717, 1.165) is 57.8 Å². The number of carboxylic acid groups (broad SMARTS) is 1. The van der Waals surface area contributed by atoms with Crippen molar-refractivity contribution in [2.24, 2.45) is 50.2 Å². The van der Waals surface area contributed by atoms with Crippen LogP contribution in [0, 0.1) is 50.2 Å². The molecule has 0 heterocycles. The van der Waals surface area contributed by atoms with E-state index in [1.54, 1.807) is 0 Å². The zero-order valence-corrected chi connectivity index (χ0v) is 22.6. The Morgan fingerprint density at radius 1 is 0.853 bits per heavy atom. The highest BCUT2D eigenvalue weighted by Crippen LogP contribution is 2.76. The summed E-state index contributed by atoms with van der Waals surface area (Å²) in [5, 5.41) is 33.5. The maximum Gasteiger partial charge on any atom is 0.310 e. The van der Waals surface area contributed by atoms with Crippen LogP contribution in [0.15, 0.2) is 11.6 Å². The van der Waals surface area contributed by atoms with Gasteiger partial charge < -0.3 is 15.3 Å². The topological polar surface area (TPSA) is 77.8 Å². The summed E-state index contributed by atoms with van der Waals surface area (Å²) in [6.45, 7) is 16.3. The monoisotopic (exact) mass is 472 g/mol. The third-order valence-corrected chi connectivity index (χ3v) is 13.1. The maximum atomic E-state index is 12.8. The van der Waals surface area contributed by atoms with Crippen LogP contribution >= 0.6 is 0 Å². The Labute approximate surface area is 206 Å². The summed E-state index contributed by atoms with van der Waals surface area (Å²) in [5.74, 6) is -1.72. The minimum absolute atomic E-state index is 0.0707. The van der Waals surface area contributed by atoms with Gasteiger partial charge in [-0.25, -0.2) is 0 Å². The first-order valence-corrected chi connectivity index (χ1v) is 13.9. The third-order valence-electron chi connectivity index (χ3n) is 13.1. The first-order chi connectivity index (χ1) is 15.5. The van der Waals surface area contributed by atoms with Crippen LogP contribution in [0.2, 0.25) is 0 Å². The lowest BCUT2D eigenvalue weighted by molar-refractivity contribution is -0.340. The maximum absolute atomic E-state index is 12.8. The van der Waals surface area contributed by atoms with Crippen LogP contribution in [0.1, 0.15) is 113 Å². The smallest absolute Gasteiger partial charge is 0.310 e. The molecule has 3 N–H and O–H groups in total. The minimum atomic E-state index is -1.66. The summed E-state index contributed by atoms with van der Waals surface area (Å²) >= 11 is 0. The number of hydrogen-bond donors (Lipinski definition) is 3. The van der Waals surface area contributed by atoms with Crippen LogP contribution in [0.5, 0.6) is 0 Å². The van der Waals surface area contributed by atoms with E-state index in [1.165, 1.54) is 5.57 Å².